The van der Waals surface area contributed by atoms with Crippen LogP contribution in [0.3, 0.4) is 0 Å². The van der Waals surface area contributed by atoms with E-state index in [1.807, 2.05) is 48.7 Å². The van der Waals surface area contributed by atoms with Gasteiger partial charge in [-0.1, -0.05) is 47.7 Å². The number of carbonyl (C=O) groups is 2. The van der Waals surface area contributed by atoms with E-state index >= 15 is 0 Å². The van der Waals surface area contributed by atoms with Crippen molar-refractivity contribution in [2.45, 2.75) is 33.0 Å². The van der Waals surface area contributed by atoms with Gasteiger partial charge in [0.25, 0.3) is 0 Å². The van der Waals surface area contributed by atoms with Gasteiger partial charge in [0.1, 0.15) is 18.1 Å². The fourth-order valence-corrected chi connectivity index (χ4v) is 3.59. The van der Waals surface area contributed by atoms with Gasteiger partial charge in [-0.15, -0.1) is 5.10 Å². The van der Waals surface area contributed by atoms with Crippen LogP contribution >= 0.6 is 0 Å². The van der Waals surface area contributed by atoms with Gasteiger partial charge in [0.15, 0.2) is 0 Å². The van der Waals surface area contributed by atoms with Crippen molar-refractivity contribution in [3.8, 4) is 5.75 Å². The van der Waals surface area contributed by atoms with Crippen molar-refractivity contribution in [1.82, 2.24) is 25.6 Å². The lowest BCUT2D eigenvalue weighted by molar-refractivity contribution is -0.139. The largest absolute Gasteiger partial charge is 0.487 e. The number of carbonyl (C=O) groups excluding carboxylic acids is 2. The molecule has 0 spiro atoms. The van der Waals surface area contributed by atoms with Crippen LogP contribution in [-0.4, -0.2) is 33.6 Å². The van der Waals surface area contributed by atoms with Crippen molar-refractivity contribution >= 4 is 12.0 Å². The molecule has 33 heavy (non-hydrogen) atoms. The van der Waals surface area contributed by atoms with E-state index in [-0.39, 0.29) is 19.2 Å². The summed E-state index contributed by atoms with van der Waals surface area (Å²) in [6.07, 6.45) is 1.85. The van der Waals surface area contributed by atoms with E-state index in [1.54, 1.807) is 30.7 Å². The summed E-state index contributed by atoms with van der Waals surface area (Å²) < 4.78 is 12.8. The number of ether oxygens (including phenoxy) is 2. The van der Waals surface area contributed by atoms with E-state index in [1.165, 1.54) is 0 Å². The van der Waals surface area contributed by atoms with Gasteiger partial charge in [-0.05, 0) is 37.1 Å². The second-order valence-electron chi connectivity index (χ2n) is 7.54. The maximum atomic E-state index is 12.4. The molecule has 1 unspecified atom stereocenters. The van der Waals surface area contributed by atoms with Crippen molar-refractivity contribution in [1.29, 1.82) is 0 Å². The summed E-state index contributed by atoms with van der Waals surface area (Å²) in [6.45, 7) is 4.58. The molecule has 0 aliphatic carbocycles. The Morgan fingerprint density at radius 1 is 1.12 bits per heavy atom. The Labute approximate surface area is 191 Å². The highest BCUT2D eigenvalue weighted by Crippen LogP contribution is 2.29. The van der Waals surface area contributed by atoms with E-state index in [2.05, 4.69) is 20.9 Å². The average Bonchev–Trinajstić information content (AvgIpc) is 3.25. The highest BCUT2D eigenvalue weighted by atomic mass is 16.5. The number of amides is 2. The average molecular weight is 447 g/mol. The predicted octanol–water partition coefficient (Wildman–Crippen LogP) is 3.10. The van der Waals surface area contributed by atoms with Gasteiger partial charge in [0, 0.05) is 5.70 Å². The second-order valence-corrected chi connectivity index (χ2v) is 7.54. The molecule has 9 heteroatoms. The van der Waals surface area contributed by atoms with Crippen LogP contribution in [-0.2, 0) is 22.7 Å². The molecule has 2 amide bonds. The fourth-order valence-electron chi connectivity index (χ4n) is 3.59. The van der Waals surface area contributed by atoms with Crippen LogP contribution in [0.25, 0.3) is 0 Å². The molecule has 2 heterocycles. The number of hydrogen-bond donors (Lipinski definition) is 2. The van der Waals surface area contributed by atoms with Crippen LogP contribution in [0.15, 0.2) is 72.1 Å². The molecule has 3 aromatic rings. The van der Waals surface area contributed by atoms with Crippen LogP contribution in [0.2, 0.25) is 0 Å². The van der Waals surface area contributed by atoms with Gasteiger partial charge >= 0.3 is 12.0 Å². The van der Waals surface area contributed by atoms with Gasteiger partial charge in [-0.3, -0.25) is 0 Å². The monoisotopic (exact) mass is 447 g/mol. The minimum absolute atomic E-state index is 0.249. The van der Waals surface area contributed by atoms with E-state index in [9.17, 15) is 9.59 Å². The SMILES string of the molecule is CCOC(=O)C1=C(C)NC(=O)NC1c1ccc(OCc2cn(Cc3ccccc3)nn2)cc1. The van der Waals surface area contributed by atoms with Crippen molar-refractivity contribution in [2.24, 2.45) is 0 Å². The van der Waals surface area contributed by atoms with Gasteiger partial charge in [-0.25, -0.2) is 14.3 Å². The summed E-state index contributed by atoms with van der Waals surface area (Å²) in [7, 11) is 0. The molecule has 1 aliphatic heterocycles. The quantitative estimate of drug-likeness (QED) is 0.514. The molecule has 0 fully saturated rings. The third-order valence-corrected chi connectivity index (χ3v) is 5.14. The normalized spacial score (nSPS) is 15.6. The lowest BCUT2D eigenvalue weighted by Crippen LogP contribution is -2.45. The van der Waals surface area contributed by atoms with E-state index in [0.29, 0.717) is 29.3 Å². The van der Waals surface area contributed by atoms with Crippen LogP contribution in [0, 0.1) is 0 Å². The summed E-state index contributed by atoms with van der Waals surface area (Å²) in [4.78, 5) is 24.4. The highest BCUT2D eigenvalue weighted by molar-refractivity contribution is 5.95. The minimum Gasteiger partial charge on any atom is -0.487 e. The first-order valence-corrected chi connectivity index (χ1v) is 10.6. The maximum absolute atomic E-state index is 12.4. The molecule has 2 N–H and O–H groups in total. The number of benzene rings is 2. The number of aromatic nitrogens is 3. The molecule has 4 rings (SSSR count). The van der Waals surface area contributed by atoms with Crippen molar-refractivity contribution in [3.63, 3.8) is 0 Å². The van der Waals surface area contributed by atoms with E-state index in [4.69, 9.17) is 9.47 Å². The summed E-state index contributed by atoms with van der Waals surface area (Å²) in [5, 5.41) is 13.7. The molecule has 1 aliphatic rings. The summed E-state index contributed by atoms with van der Waals surface area (Å²) in [5.41, 5.74) is 3.44. The number of hydrogen-bond acceptors (Lipinski definition) is 6. The molecule has 1 aromatic heterocycles. The van der Waals surface area contributed by atoms with Crippen LogP contribution < -0.4 is 15.4 Å². The third-order valence-electron chi connectivity index (χ3n) is 5.14. The number of allylic oxidation sites excluding steroid dienone is 1. The Bertz CT molecular complexity index is 1160. The first-order chi connectivity index (χ1) is 16.0. The smallest absolute Gasteiger partial charge is 0.338 e. The molecule has 0 saturated carbocycles. The molecular weight excluding hydrogens is 422 g/mol. The Morgan fingerprint density at radius 2 is 1.88 bits per heavy atom. The molecule has 0 bridgehead atoms. The number of nitrogens with zero attached hydrogens (tertiary/aromatic N) is 3. The summed E-state index contributed by atoms with van der Waals surface area (Å²) >= 11 is 0. The van der Waals surface area contributed by atoms with Gasteiger partial charge in [0.05, 0.1) is 31.0 Å². The standard InChI is InChI=1S/C24H25N5O4/c1-3-32-23(30)21-16(2)25-24(31)26-22(21)18-9-11-20(12-10-18)33-15-19-14-29(28-27-19)13-17-7-5-4-6-8-17/h4-12,14,22H,3,13,15H2,1-2H3,(H2,25,26,31). The van der Waals surface area contributed by atoms with E-state index in [0.717, 1.165) is 11.1 Å². The van der Waals surface area contributed by atoms with Crippen LogP contribution in [0.4, 0.5) is 4.79 Å². The molecule has 9 nitrogen and oxygen atoms in total. The molecular formula is C24H25N5O4. The predicted molar refractivity (Wildman–Crippen MR) is 120 cm³/mol. The van der Waals surface area contributed by atoms with Crippen molar-refractivity contribution in [3.05, 3.63) is 88.9 Å². The topological polar surface area (TPSA) is 107 Å². The molecule has 0 radical (unpaired) electrons. The first-order valence-electron chi connectivity index (χ1n) is 10.6. The number of urea groups is 1. The van der Waals surface area contributed by atoms with Gasteiger partial charge < -0.3 is 20.1 Å². The Kier molecular flexibility index (Phi) is 6.68. The fraction of sp³-hybridized carbons (Fsp3) is 0.250. The summed E-state index contributed by atoms with van der Waals surface area (Å²) in [6, 6.07) is 16.2. The summed E-state index contributed by atoms with van der Waals surface area (Å²) in [5.74, 6) is 0.168. The Balaban J connectivity index is 1.40. The van der Waals surface area contributed by atoms with E-state index < -0.39 is 12.0 Å². The zero-order valence-corrected chi connectivity index (χ0v) is 18.4. The number of esters is 1. The highest BCUT2D eigenvalue weighted by Gasteiger charge is 2.32. The molecule has 2 aromatic carbocycles. The number of rotatable bonds is 8. The van der Waals surface area contributed by atoms with Crippen molar-refractivity contribution in [2.75, 3.05) is 6.61 Å². The zero-order valence-electron chi connectivity index (χ0n) is 18.4. The zero-order chi connectivity index (χ0) is 23.2. The lowest BCUT2D eigenvalue weighted by Gasteiger charge is -2.28. The third kappa shape index (κ3) is 5.38. The molecule has 170 valence electrons. The maximum Gasteiger partial charge on any atom is 0.338 e. The Hall–Kier alpha value is -4.14. The first kappa shape index (κ1) is 22.1. The van der Waals surface area contributed by atoms with Crippen molar-refractivity contribution < 1.29 is 19.1 Å². The van der Waals surface area contributed by atoms with Gasteiger partial charge in [-0.2, -0.15) is 0 Å². The lowest BCUT2D eigenvalue weighted by atomic mass is 9.95. The van der Waals surface area contributed by atoms with Gasteiger partial charge in [0.2, 0.25) is 0 Å². The minimum atomic E-state index is -0.607. The van der Waals surface area contributed by atoms with Crippen LogP contribution in [0.1, 0.15) is 36.7 Å². The molecule has 0 saturated heterocycles. The Morgan fingerprint density at radius 3 is 2.61 bits per heavy atom. The van der Waals surface area contributed by atoms with Crippen LogP contribution in [0.5, 0.6) is 5.75 Å². The molecule has 1 atom stereocenters. The number of nitrogens with one attached hydrogen (secondary N) is 2. The second kappa shape index (κ2) is 9.99.